The second-order valence-electron chi connectivity index (χ2n) is 3.86. The zero-order valence-electron chi connectivity index (χ0n) is 7.05. The van der Waals surface area contributed by atoms with E-state index < -0.39 is 0 Å². The molecule has 2 nitrogen and oxygen atoms in total. The highest BCUT2D eigenvalue weighted by Crippen LogP contribution is 2.22. The van der Waals surface area contributed by atoms with Crippen LogP contribution in [0.15, 0.2) is 0 Å². The highest BCUT2D eigenvalue weighted by Gasteiger charge is 2.27. The Morgan fingerprint density at radius 2 is 2.10 bits per heavy atom. The van der Waals surface area contributed by atoms with Crippen molar-refractivity contribution in [3.05, 3.63) is 0 Å². The molecule has 0 N–H and O–H groups in total. The molecule has 1 heterocycles. The summed E-state index contributed by atoms with van der Waals surface area (Å²) < 4.78 is 5.55. The molecule has 1 fully saturated rings. The second-order valence-corrected chi connectivity index (χ2v) is 3.86. The van der Waals surface area contributed by atoms with E-state index in [0.717, 1.165) is 19.7 Å². The molecule has 1 unspecified atom stereocenters. The van der Waals surface area contributed by atoms with Gasteiger partial charge in [0, 0.05) is 13.1 Å². The van der Waals surface area contributed by atoms with Crippen molar-refractivity contribution in [2.75, 3.05) is 19.7 Å². The first-order valence-corrected chi connectivity index (χ1v) is 3.85. The van der Waals surface area contributed by atoms with E-state index in [9.17, 15) is 0 Å². The van der Waals surface area contributed by atoms with Crippen LogP contribution >= 0.6 is 0 Å². The molecule has 0 saturated carbocycles. The van der Waals surface area contributed by atoms with Crippen molar-refractivity contribution in [1.29, 1.82) is 0 Å². The van der Waals surface area contributed by atoms with Crippen molar-refractivity contribution in [2.24, 2.45) is 5.41 Å². The minimum absolute atomic E-state index is 0.254. The topological polar surface area (TPSA) is 23.3 Å². The van der Waals surface area contributed by atoms with Crippen LogP contribution in [0.25, 0.3) is 0 Å². The summed E-state index contributed by atoms with van der Waals surface area (Å²) >= 11 is 0. The van der Waals surface area contributed by atoms with Crippen LogP contribution in [0.3, 0.4) is 0 Å². The van der Waals surface area contributed by atoms with E-state index in [4.69, 9.17) is 4.74 Å². The Hall–Kier alpha value is -0.0800. The van der Waals surface area contributed by atoms with Crippen molar-refractivity contribution in [3.8, 4) is 0 Å². The standard InChI is InChI=1S/C8H16NO/c1-8(2,3)7-6-9-4-5-10-7/h7H,4-6H2,1-3H3. The Balaban J connectivity index is 2.39. The van der Waals surface area contributed by atoms with Crippen LogP contribution in [-0.4, -0.2) is 25.8 Å². The molecular formula is C8H16NO. The lowest BCUT2D eigenvalue weighted by atomic mass is 9.88. The van der Waals surface area contributed by atoms with Gasteiger partial charge in [0.05, 0.1) is 12.7 Å². The van der Waals surface area contributed by atoms with E-state index in [-0.39, 0.29) is 5.41 Å². The third-order valence-electron chi connectivity index (χ3n) is 1.83. The molecule has 0 aromatic heterocycles. The summed E-state index contributed by atoms with van der Waals surface area (Å²) in [5, 5.41) is 4.30. The lowest BCUT2D eigenvalue weighted by molar-refractivity contribution is -0.0373. The van der Waals surface area contributed by atoms with Gasteiger partial charge in [-0.25, -0.2) is 5.32 Å². The first kappa shape index (κ1) is 8.02. The average molecular weight is 142 g/mol. The molecule has 1 rings (SSSR count). The number of hydrogen-bond donors (Lipinski definition) is 0. The SMILES string of the molecule is CC(C)(C)C1C[N]CCO1. The zero-order valence-corrected chi connectivity index (χ0v) is 7.05. The van der Waals surface area contributed by atoms with Gasteiger partial charge in [0.25, 0.3) is 0 Å². The fraction of sp³-hybridized carbons (Fsp3) is 1.00. The molecule has 59 valence electrons. The zero-order chi connectivity index (χ0) is 7.61. The molecule has 0 aromatic carbocycles. The van der Waals surface area contributed by atoms with Gasteiger partial charge in [-0.1, -0.05) is 20.8 Å². The summed E-state index contributed by atoms with van der Waals surface area (Å²) in [5.74, 6) is 0. The van der Waals surface area contributed by atoms with Gasteiger partial charge < -0.3 is 4.74 Å². The first-order chi connectivity index (χ1) is 4.61. The van der Waals surface area contributed by atoms with Gasteiger partial charge in [-0.3, -0.25) is 0 Å². The molecule has 1 radical (unpaired) electrons. The van der Waals surface area contributed by atoms with Crippen molar-refractivity contribution in [1.82, 2.24) is 5.32 Å². The number of morpholine rings is 1. The van der Waals surface area contributed by atoms with Gasteiger partial charge in [0.15, 0.2) is 0 Å². The summed E-state index contributed by atoms with van der Waals surface area (Å²) in [7, 11) is 0. The van der Waals surface area contributed by atoms with Crippen LogP contribution in [0.5, 0.6) is 0 Å². The van der Waals surface area contributed by atoms with E-state index >= 15 is 0 Å². The van der Waals surface area contributed by atoms with Gasteiger partial charge >= 0.3 is 0 Å². The molecule has 0 aliphatic carbocycles. The summed E-state index contributed by atoms with van der Waals surface area (Å²) in [6.45, 7) is 9.15. The first-order valence-electron chi connectivity index (χ1n) is 3.85. The summed E-state index contributed by atoms with van der Waals surface area (Å²) in [6.07, 6.45) is 0.334. The van der Waals surface area contributed by atoms with Crippen LogP contribution in [-0.2, 0) is 4.74 Å². The van der Waals surface area contributed by atoms with Gasteiger partial charge in [0.1, 0.15) is 0 Å². The second kappa shape index (κ2) is 2.89. The molecular weight excluding hydrogens is 126 g/mol. The largest absolute Gasteiger partial charge is 0.375 e. The van der Waals surface area contributed by atoms with E-state index in [1.165, 1.54) is 0 Å². The quantitative estimate of drug-likeness (QED) is 0.495. The van der Waals surface area contributed by atoms with E-state index in [0.29, 0.717) is 6.10 Å². The molecule has 1 atom stereocenters. The van der Waals surface area contributed by atoms with Crippen LogP contribution in [0.2, 0.25) is 0 Å². The molecule has 10 heavy (non-hydrogen) atoms. The molecule has 1 aliphatic heterocycles. The minimum Gasteiger partial charge on any atom is -0.375 e. The highest BCUT2D eigenvalue weighted by atomic mass is 16.5. The lowest BCUT2D eigenvalue weighted by Gasteiger charge is -2.33. The molecule has 0 spiro atoms. The predicted octanol–water partition coefficient (Wildman–Crippen LogP) is 1.04. The molecule has 0 bridgehead atoms. The Labute approximate surface area is 63.0 Å². The Morgan fingerprint density at radius 3 is 2.40 bits per heavy atom. The van der Waals surface area contributed by atoms with Crippen LogP contribution in [0, 0.1) is 5.41 Å². The molecule has 0 aromatic rings. The Kier molecular flexibility index (Phi) is 2.32. The van der Waals surface area contributed by atoms with Gasteiger partial charge in [-0.15, -0.1) is 0 Å². The van der Waals surface area contributed by atoms with Crippen LogP contribution in [0.4, 0.5) is 0 Å². The normalized spacial score (nSPS) is 28.5. The predicted molar refractivity (Wildman–Crippen MR) is 41.1 cm³/mol. The number of rotatable bonds is 0. The van der Waals surface area contributed by atoms with Crippen LogP contribution < -0.4 is 5.32 Å². The summed E-state index contributed by atoms with van der Waals surface area (Å²) in [4.78, 5) is 0. The molecule has 0 amide bonds. The van der Waals surface area contributed by atoms with Gasteiger partial charge in [-0.2, -0.15) is 0 Å². The van der Waals surface area contributed by atoms with Crippen molar-refractivity contribution < 1.29 is 4.74 Å². The smallest absolute Gasteiger partial charge is 0.0764 e. The maximum atomic E-state index is 5.55. The average Bonchev–Trinajstić information content (AvgIpc) is 1.88. The lowest BCUT2D eigenvalue weighted by Crippen LogP contribution is -2.42. The van der Waals surface area contributed by atoms with Crippen LogP contribution in [0.1, 0.15) is 20.8 Å². The highest BCUT2D eigenvalue weighted by molar-refractivity contribution is 4.78. The van der Waals surface area contributed by atoms with E-state index in [1.54, 1.807) is 0 Å². The van der Waals surface area contributed by atoms with Crippen molar-refractivity contribution >= 4 is 0 Å². The Morgan fingerprint density at radius 1 is 1.40 bits per heavy atom. The number of nitrogens with zero attached hydrogens (tertiary/aromatic N) is 1. The number of ether oxygens (including phenoxy) is 1. The third-order valence-corrected chi connectivity index (χ3v) is 1.83. The van der Waals surface area contributed by atoms with Gasteiger partial charge in [-0.05, 0) is 5.41 Å². The maximum absolute atomic E-state index is 5.55. The van der Waals surface area contributed by atoms with Crippen molar-refractivity contribution in [3.63, 3.8) is 0 Å². The molecule has 1 saturated heterocycles. The van der Waals surface area contributed by atoms with Gasteiger partial charge in [0.2, 0.25) is 0 Å². The number of hydrogen-bond acceptors (Lipinski definition) is 1. The van der Waals surface area contributed by atoms with E-state index in [1.807, 2.05) is 0 Å². The third kappa shape index (κ3) is 1.96. The van der Waals surface area contributed by atoms with E-state index in [2.05, 4.69) is 26.1 Å². The summed E-state index contributed by atoms with van der Waals surface area (Å²) in [5.41, 5.74) is 0.254. The molecule has 1 aliphatic rings. The Bertz CT molecular complexity index is 100. The maximum Gasteiger partial charge on any atom is 0.0764 e. The minimum atomic E-state index is 0.254. The monoisotopic (exact) mass is 142 g/mol. The van der Waals surface area contributed by atoms with Crippen molar-refractivity contribution in [2.45, 2.75) is 26.9 Å². The fourth-order valence-electron chi connectivity index (χ4n) is 1.04. The fourth-order valence-corrected chi connectivity index (χ4v) is 1.04. The summed E-state index contributed by atoms with van der Waals surface area (Å²) in [6, 6.07) is 0. The molecule has 2 heteroatoms.